The SMILES string of the molecule is C=Cc1cc2cnc(=O)[nH]n2c1C=C. The van der Waals surface area contributed by atoms with Gasteiger partial charge in [-0.1, -0.05) is 19.2 Å². The number of nitrogens with zero attached hydrogens (tertiary/aromatic N) is 2. The van der Waals surface area contributed by atoms with Gasteiger partial charge in [0.25, 0.3) is 0 Å². The summed E-state index contributed by atoms with van der Waals surface area (Å²) in [7, 11) is 0. The molecule has 1 N–H and O–H groups in total. The zero-order valence-corrected chi connectivity index (χ0v) is 7.53. The highest BCUT2D eigenvalue weighted by Crippen LogP contribution is 2.15. The van der Waals surface area contributed by atoms with E-state index < -0.39 is 0 Å². The normalized spacial score (nSPS) is 10.3. The number of nitrogens with one attached hydrogen (secondary N) is 1. The first-order valence-electron chi connectivity index (χ1n) is 4.12. The van der Waals surface area contributed by atoms with E-state index in [2.05, 4.69) is 23.2 Å². The zero-order valence-electron chi connectivity index (χ0n) is 7.53. The Bertz CT molecular complexity index is 562. The van der Waals surface area contributed by atoms with E-state index in [1.165, 1.54) is 6.20 Å². The van der Waals surface area contributed by atoms with Crippen LogP contribution >= 0.6 is 0 Å². The molecule has 0 spiro atoms. The van der Waals surface area contributed by atoms with Gasteiger partial charge in [0.1, 0.15) is 0 Å². The molecule has 0 aliphatic carbocycles. The first kappa shape index (κ1) is 8.50. The fraction of sp³-hybridized carbons (Fsp3) is 0. The van der Waals surface area contributed by atoms with Gasteiger partial charge >= 0.3 is 5.69 Å². The number of fused-ring (bicyclic) bond motifs is 1. The molecule has 2 rings (SSSR count). The quantitative estimate of drug-likeness (QED) is 0.770. The summed E-state index contributed by atoms with van der Waals surface area (Å²) in [6.45, 7) is 7.36. The molecule has 0 aliphatic rings. The van der Waals surface area contributed by atoms with Gasteiger partial charge in [0.15, 0.2) is 0 Å². The molecule has 0 radical (unpaired) electrons. The topological polar surface area (TPSA) is 50.2 Å². The summed E-state index contributed by atoms with van der Waals surface area (Å²) < 4.78 is 1.64. The Labute approximate surface area is 80.2 Å². The minimum Gasteiger partial charge on any atom is -0.250 e. The van der Waals surface area contributed by atoms with Gasteiger partial charge in [0, 0.05) is 5.56 Å². The molecule has 0 atom stereocenters. The van der Waals surface area contributed by atoms with Crippen LogP contribution in [-0.2, 0) is 0 Å². The Morgan fingerprint density at radius 3 is 2.86 bits per heavy atom. The Morgan fingerprint density at radius 2 is 2.21 bits per heavy atom. The molecule has 0 saturated heterocycles. The molecular weight excluding hydrogens is 178 g/mol. The van der Waals surface area contributed by atoms with Gasteiger partial charge in [0.05, 0.1) is 17.4 Å². The summed E-state index contributed by atoms with van der Waals surface area (Å²) in [5, 5.41) is 2.59. The third kappa shape index (κ3) is 1.08. The second kappa shape index (κ2) is 2.99. The van der Waals surface area contributed by atoms with E-state index in [0.29, 0.717) is 0 Å². The lowest BCUT2D eigenvalue weighted by Gasteiger charge is -1.96. The molecule has 4 heteroatoms. The Balaban J connectivity index is 2.94. The van der Waals surface area contributed by atoms with Gasteiger partial charge in [-0.15, -0.1) is 0 Å². The molecule has 14 heavy (non-hydrogen) atoms. The lowest BCUT2D eigenvalue weighted by atomic mass is 10.2. The van der Waals surface area contributed by atoms with Crippen LogP contribution in [0.1, 0.15) is 11.3 Å². The predicted molar refractivity (Wildman–Crippen MR) is 56.0 cm³/mol. The van der Waals surface area contributed by atoms with Crippen LogP contribution in [0.15, 0.2) is 30.2 Å². The standard InChI is InChI=1S/C10H9N3O/c1-3-7-5-8-6-11-10(14)12-13(8)9(7)4-2/h3-6H,1-2H2,(H,12,14). The Hall–Kier alpha value is -2.10. The van der Waals surface area contributed by atoms with Crippen molar-refractivity contribution in [1.82, 2.24) is 14.6 Å². The first-order valence-corrected chi connectivity index (χ1v) is 4.12. The van der Waals surface area contributed by atoms with Crippen LogP contribution in [0.2, 0.25) is 0 Å². The first-order chi connectivity index (χ1) is 6.76. The molecular formula is C10H9N3O. The smallest absolute Gasteiger partial charge is 0.250 e. The van der Waals surface area contributed by atoms with Crippen LogP contribution in [0, 0.1) is 0 Å². The van der Waals surface area contributed by atoms with Gasteiger partial charge in [-0.3, -0.25) is 4.52 Å². The van der Waals surface area contributed by atoms with E-state index in [4.69, 9.17) is 0 Å². The number of H-pyrrole nitrogens is 1. The van der Waals surface area contributed by atoms with E-state index >= 15 is 0 Å². The lowest BCUT2D eigenvalue weighted by molar-refractivity contribution is 0.852. The molecule has 0 fully saturated rings. The van der Waals surface area contributed by atoms with Crippen LogP contribution in [0.5, 0.6) is 0 Å². The van der Waals surface area contributed by atoms with Crippen molar-refractivity contribution in [3.05, 3.63) is 47.2 Å². The maximum absolute atomic E-state index is 11.0. The molecule has 2 heterocycles. The average molecular weight is 187 g/mol. The van der Waals surface area contributed by atoms with Crippen LogP contribution in [0.25, 0.3) is 17.7 Å². The molecule has 0 aromatic carbocycles. The van der Waals surface area contributed by atoms with E-state index in [1.807, 2.05) is 6.07 Å². The lowest BCUT2D eigenvalue weighted by Crippen LogP contribution is -2.14. The fourth-order valence-corrected chi connectivity index (χ4v) is 1.41. The third-order valence-electron chi connectivity index (χ3n) is 2.03. The van der Waals surface area contributed by atoms with E-state index in [-0.39, 0.29) is 5.69 Å². The summed E-state index contributed by atoms with van der Waals surface area (Å²) in [6, 6.07) is 1.88. The number of hydrogen-bond acceptors (Lipinski definition) is 2. The van der Waals surface area contributed by atoms with Crippen molar-refractivity contribution in [2.75, 3.05) is 0 Å². The maximum Gasteiger partial charge on any atom is 0.360 e. The second-order valence-electron chi connectivity index (χ2n) is 2.83. The molecule has 0 aliphatic heterocycles. The van der Waals surface area contributed by atoms with E-state index in [1.54, 1.807) is 16.7 Å². The van der Waals surface area contributed by atoms with Crippen molar-refractivity contribution in [3.63, 3.8) is 0 Å². The molecule has 4 nitrogen and oxygen atoms in total. The minimum absolute atomic E-state index is 0.383. The highest BCUT2D eigenvalue weighted by molar-refractivity contribution is 5.69. The minimum atomic E-state index is -0.383. The Morgan fingerprint density at radius 1 is 1.43 bits per heavy atom. The summed E-state index contributed by atoms with van der Waals surface area (Å²) in [5.41, 5.74) is 2.17. The highest BCUT2D eigenvalue weighted by Gasteiger charge is 2.04. The van der Waals surface area contributed by atoms with E-state index in [0.717, 1.165) is 16.8 Å². The monoisotopic (exact) mass is 187 g/mol. The average Bonchev–Trinajstić information content (AvgIpc) is 2.54. The molecule has 2 aromatic heterocycles. The zero-order chi connectivity index (χ0) is 10.1. The summed E-state index contributed by atoms with van der Waals surface area (Å²) >= 11 is 0. The largest absolute Gasteiger partial charge is 0.360 e. The van der Waals surface area contributed by atoms with Gasteiger partial charge in [-0.2, -0.15) is 4.98 Å². The number of rotatable bonds is 2. The molecule has 0 bridgehead atoms. The summed E-state index contributed by atoms with van der Waals surface area (Å²) in [6.07, 6.45) is 4.89. The van der Waals surface area contributed by atoms with Crippen molar-refractivity contribution in [2.24, 2.45) is 0 Å². The van der Waals surface area contributed by atoms with Gasteiger partial charge < -0.3 is 0 Å². The highest BCUT2D eigenvalue weighted by atomic mass is 16.1. The molecule has 0 amide bonds. The maximum atomic E-state index is 11.0. The van der Waals surface area contributed by atoms with E-state index in [9.17, 15) is 4.79 Å². The molecule has 0 unspecified atom stereocenters. The molecule has 0 saturated carbocycles. The van der Waals surface area contributed by atoms with Crippen molar-refractivity contribution < 1.29 is 0 Å². The number of aromatic amines is 1. The molecule has 70 valence electrons. The van der Waals surface area contributed by atoms with Crippen LogP contribution in [-0.4, -0.2) is 14.6 Å². The molecule has 2 aromatic rings. The van der Waals surface area contributed by atoms with Gasteiger partial charge in [-0.05, 0) is 12.1 Å². The van der Waals surface area contributed by atoms with Crippen molar-refractivity contribution in [3.8, 4) is 0 Å². The van der Waals surface area contributed by atoms with Gasteiger partial charge in [-0.25, -0.2) is 9.89 Å². The third-order valence-corrected chi connectivity index (χ3v) is 2.03. The number of hydrogen-bond donors (Lipinski definition) is 1. The summed E-state index contributed by atoms with van der Waals surface area (Å²) in [4.78, 5) is 14.6. The van der Waals surface area contributed by atoms with Crippen LogP contribution < -0.4 is 5.69 Å². The van der Waals surface area contributed by atoms with Gasteiger partial charge in [0.2, 0.25) is 0 Å². The predicted octanol–water partition coefficient (Wildman–Crippen LogP) is 1.31. The van der Waals surface area contributed by atoms with Crippen molar-refractivity contribution in [1.29, 1.82) is 0 Å². The Kier molecular flexibility index (Phi) is 1.81. The number of aromatic nitrogens is 3. The second-order valence-corrected chi connectivity index (χ2v) is 2.83. The fourth-order valence-electron chi connectivity index (χ4n) is 1.41. The van der Waals surface area contributed by atoms with Crippen molar-refractivity contribution in [2.45, 2.75) is 0 Å². The van der Waals surface area contributed by atoms with Crippen molar-refractivity contribution >= 4 is 17.7 Å². The van der Waals surface area contributed by atoms with Crippen LogP contribution in [0.3, 0.4) is 0 Å². The van der Waals surface area contributed by atoms with Crippen LogP contribution in [0.4, 0.5) is 0 Å². The summed E-state index contributed by atoms with van der Waals surface area (Å²) in [5.74, 6) is 0.